The molecule has 1 aromatic carbocycles. The predicted octanol–water partition coefficient (Wildman–Crippen LogP) is 1.84. The summed E-state index contributed by atoms with van der Waals surface area (Å²) < 4.78 is 7.84. The minimum Gasteiger partial charge on any atom is -0.390 e. The summed E-state index contributed by atoms with van der Waals surface area (Å²) in [5.74, 6) is 0.0343. The Hall–Kier alpha value is -2.18. The van der Waals surface area contributed by atoms with Crippen molar-refractivity contribution < 1.29 is 14.6 Å². The normalized spacial score (nSPS) is 22.3. The molecule has 0 unspecified atom stereocenters. The first kappa shape index (κ1) is 18.2. The summed E-state index contributed by atoms with van der Waals surface area (Å²) in [7, 11) is 0. The van der Waals surface area contributed by atoms with Crippen LogP contribution in [0.2, 0.25) is 0 Å². The van der Waals surface area contributed by atoms with Gasteiger partial charge in [0.2, 0.25) is 5.91 Å². The summed E-state index contributed by atoms with van der Waals surface area (Å²) in [5.41, 5.74) is 1.08. The number of rotatable bonds is 2. The topological polar surface area (TPSA) is 71.8 Å². The Morgan fingerprint density at radius 1 is 1.30 bits per heavy atom. The fourth-order valence-electron chi connectivity index (χ4n) is 4.42. The fourth-order valence-corrected chi connectivity index (χ4v) is 4.42. The molecule has 1 aromatic heterocycles. The highest BCUT2D eigenvalue weighted by atomic mass is 16.5. The molecule has 2 aliphatic rings. The van der Waals surface area contributed by atoms with Crippen LogP contribution < -0.4 is 5.43 Å². The second-order valence-corrected chi connectivity index (χ2v) is 7.71. The molecule has 2 aromatic rings. The molecule has 0 saturated carbocycles. The molecule has 2 fully saturated rings. The Bertz CT molecular complexity index is 912. The maximum Gasteiger partial charge on any atom is 0.242 e. The van der Waals surface area contributed by atoms with E-state index < -0.39 is 11.7 Å². The molecule has 6 heteroatoms. The zero-order valence-electron chi connectivity index (χ0n) is 15.7. The van der Waals surface area contributed by atoms with Crippen LogP contribution in [0.25, 0.3) is 10.9 Å². The van der Waals surface area contributed by atoms with E-state index in [0.717, 1.165) is 24.1 Å². The lowest BCUT2D eigenvalue weighted by Crippen LogP contribution is -2.56. The summed E-state index contributed by atoms with van der Waals surface area (Å²) in [6.07, 6.45) is 2.57. The highest BCUT2D eigenvalue weighted by Gasteiger charge is 2.44. The van der Waals surface area contributed by atoms with Gasteiger partial charge in [0.15, 0.2) is 5.43 Å². The summed E-state index contributed by atoms with van der Waals surface area (Å²) in [5, 5.41) is 11.0. The molecule has 2 saturated heterocycles. The number of pyridine rings is 1. The molecule has 144 valence electrons. The number of aromatic nitrogens is 1. The number of piperidine rings is 1. The number of likely N-dealkylation sites (tertiary alicyclic amines) is 1. The number of benzene rings is 1. The number of aliphatic hydroxyl groups excluding tert-OH is 1. The smallest absolute Gasteiger partial charge is 0.242 e. The maximum absolute atomic E-state index is 12.9. The number of hydrogen-bond donors (Lipinski definition) is 1. The minimum atomic E-state index is -0.477. The lowest BCUT2D eigenvalue weighted by molar-refractivity contribution is -0.179. The zero-order valence-corrected chi connectivity index (χ0v) is 15.7. The van der Waals surface area contributed by atoms with Crippen molar-refractivity contribution in [2.75, 3.05) is 19.7 Å². The molecule has 0 aliphatic carbocycles. The third-order valence-corrected chi connectivity index (χ3v) is 6.10. The van der Waals surface area contributed by atoms with Crippen molar-refractivity contribution in [1.82, 2.24) is 9.47 Å². The van der Waals surface area contributed by atoms with Gasteiger partial charge in [-0.1, -0.05) is 12.1 Å². The number of amides is 1. The van der Waals surface area contributed by atoms with Gasteiger partial charge in [-0.05, 0) is 44.7 Å². The van der Waals surface area contributed by atoms with E-state index >= 15 is 0 Å². The van der Waals surface area contributed by atoms with Crippen LogP contribution in [0.4, 0.5) is 0 Å². The van der Waals surface area contributed by atoms with Gasteiger partial charge in [0.05, 0.1) is 17.2 Å². The molecule has 0 bridgehead atoms. The second-order valence-electron chi connectivity index (χ2n) is 7.71. The Labute approximate surface area is 158 Å². The number of fused-ring (bicyclic) bond motifs is 1. The number of nitrogens with zero attached hydrogens (tertiary/aromatic N) is 2. The van der Waals surface area contributed by atoms with E-state index in [-0.39, 0.29) is 17.9 Å². The lowest BCUT2D eigenvalue weighted by atomic mass is 9.82. The number of hydrogen-bond acceptors (Lipinski definition) is 4. The SMILES string of the molecule is Cc1cc(=O)c2ccccc2n1CC(=O)N1CCC2(CC1)OCCC[C@@H]2O. The minimum absolute atomic E-state index is 0.0184. The predicted molar refractivity (Wildman–Crippen MR) is 103 cm³/mol. The van der Waals surface area contributed by atoms with E-state index in [0.29, 0.717) is 37.9 Å². The van der Waals surface area contributed by atoms with Crippen molar-refractivity contribution in [3.63, 3.8) is 0 Å². The van der Waals surface area contributed by atoms with Gasteiger partial charge in [-0.2, -0.15) is 0 Å². The average molecular weight is 370 g/mol. The first-order chi connectivity index (χ1) is 13.0. The van der Waals surface area contributed by atoms with Gasteiger partial charge in [0.1, 0.15) is 6.54 Å². The van der Waals surface area contributed by atoms with E-state index in [1.807, 2.05) is 34.6 Å². The highest BCUT2D eigenvalue weighted by Crippen LogP contribution is 2.35. The third-order valence-electron chi connectivity index (χ3n) is 6.10. The molecular formula is C21H26N2O4. The van der Waals surface area contributed by atoms with E-state index in [2.05, 4.69) is 0 Å². The second kappa shape index (κ2) is 7.09. The van der Waals surface area contributed by atoms with Crippen molar-refractivity contribution in [3.05, 3.63) is 46.2 Å². The number of para-hydroxylation sites is 1. The number of carbonyl (C=O) groups is 1. The van der Waals surface area contributed by atoms with Gasteiger partial charge in [-0.3, -0.25) is 9.59 Å². The molecule has 1 atom stereocenters. The molecule has 4 rings (SSSR count). The number of ether oxygens (including phenoxy) is 1. The van der Waals surface area contributed by atoms with Crippen LogP contribution in [-0.2, 0) is 16.1 Å². The van der Waals surface area contributed by atoms with Gasteiger partial charge < -0.3 is 19.3 Å². The molecule has 1 amide bonds. The van der Waals surface area contributed by atoms with Gasteiger partial charge in [0.25, 0.3) is 0 Å². The molecule has 3 heterocycles. The molecule has 2 aliphatic heterocycles. The Kier molecular flexibility index (Phi) is 4.78. The standard InChI is InChI=1S/C21H26N2O4/c1-15-13-18(24)16-5-2-3-6-17(16)23(15)14-20(26)22-10-8-21(9-11-22)19(25)7-4-12-27-21/h2-3,5-6,13,19,25H,4,7-12,14H2,1H3/t19-/m0/s1. The molecule has 6 nitrogen and oxygen atoms in total. The van der Waals surface area contributed by atoms with Crippen LogP contribution >= 0.6 is 0 Å². The average Bonchev–Trinajstić information content (AvgIpc) is 2.68. The van der Waals surface area contributed by atoms with Crippen molar-refractivity contribution in [2.45, 2.75) is 50.9 Å². The quantitative estimate of drug-likeness (QED) is 0.876. The Balaban J connectivity index is 1.51. The molecule has 27 heavy (non-hydrogen) atoms. The van der Waals surface area contributed by atoms with Crippen molar-refractivity contribution in [2.24, 2.45) is 0 Å². The summed E-state index contributed by atoms with van der Waals surface area (Å²) in [4.78, 5) is 27.0. The van der Waals surface area contributed by atoms with Crippen LogP contribution in [-0.4, -0.2) is 51.9 Å². The maximum atomic E-state index is 12.9. The molecular weight excluding hydrogens is 344 g/mol. The third kappa shape index (κ3) is 3.28. The van der Waals surface area contributed by atoms with E-state index in [1.165, 1.54) is 0 Å². The summed E-state index contributed by atoms with van der Waals surface area (Å²) in [6, 6.07) is 8.99. The molecule has 1 N–H and O–H groups in total. The van der Waals surface area contributed by atoms with Gasteiger partial charge >= 0.3 is 0 Å². The van der Waals surface area contributed by atoms with Crippen LogP contribution in [0, 0.1) is 6.92 Å². The number of aliphatic hydroxyl groups is 1. The van der Waals surface area contributed by atoms with E-state index in [9.17, 15) is 14.7 Å². The lowest BCUT2D eigenvalue weighted by Gasteiger charge is -2.46. The monoisotopic (exact) mass is 370 g/mol. The fraction of sp³-hybridized carbons (Fsp3) is 0.524. The Morgan fingerprint density at radius 2 is 2.04 bits per heavy atom. The van der Waals surface area contributed by atoms with Crippen LogP contribution in [0.1, 0.15) is 31.4 Å². The van der Waals surface area contributed by atoms with E-state index in [1.54, 1.807) is 12.1 Å². The number of carbonyl (C=O) groups excluding carboxylic acids is 1. The van der Waals surface area contributed by atoms with Crippen LogP contribution in [0.15, 0.2) is 35.1 Å². The van der Waals surface area contributed by atoms with E-state index in [4.69, 9.17) is 4.74 Å². The molecule has 1 spiro atoms. The Morgan fingerprint density at radius 3 is 2.78 bits per heavy atom. The van der Waals surface area contributed by atoms with Crippen molar-refractivity contribution in [3.8, 4) is 0 Å². The first-order valence-electron chi connectivity index (χ1n) is 9.69. The summed E-state index contributed by atoms with van der Waals surface area (Å²) in [6.45, 7) is 3.94. The van der Waals surface area contributed by atoms with Crippen LogP contribution in [0.5, 0.6) is 0 Å². The van der Waals surface area contributed by atoms with Gasteiger partial charge in [0, 0.05) is 36.8 Å². The van der Waals surface area contributed by atoms with Crippen LogP contribution in [0.3, 0.4) is 0 Å². The van der Waals surface area contributed by atoms with Gasteiger partial charge in [-0.15, -0.1) is 0 Å². The number of aryl methyl sites for hydroxylation is 1. The highest BCUT2D eigenvalue weighted by molar-refractivity contribution is 5.82. The summed E-state index contributed by atoms with van der Waals surface area (Å²) >= 11 is 0. The van der Waals surface area contributed by atoms with Crippen molar-refractivity contribution in [1.29, 1.82) is 0 Å². The zero-order chi connectivity index (χ0) is 19.0. The molecule has 0 radical (unpaired) electrons. The van der Waals surface area contributed by atoms with Crippen molar-refractivity contribution >= 4 is 16.8 Å². The van der Waals surface area contributed by atoms with Gasteiger partial charge in [-0.25, -0.2) is 0 Å². The first-order valence-corrected chi connectivity index (χ1v) is 9.69. The largest absolute Gasteiger partial charge is 0.390 e.